The minimum Gasteiger partial charge on any atom is -0.497 e. The lowest BCUT2D eigenvalue weighted by molar-refractivity contribution is 0.0977. The van der Waals surface area contributed by atoms with E-state index >= 15 is 0 Å². The summed E-state index contributed by atoms with van der Waals surface area (Å²) in [6.45, 7) is 2.36. The molecule has 0 atom stereocenters. The van der Waals surface area contributed by atoms with Crippen LogP contribution in [-0.4, -0.2) is 24.7 Å². The Morgan fingerprint density at radius 1 is 1.25 bits per heavy atom. The number of amides is 1. The van der Waals surface area contributed by atoms with E-state index < -0.39 is 0 Å². The monoisotopic (exact) mass is 364 g/mol. The molecular weight excluding hydrogens is 348 g/mol. The summed E-state index contributed by atoms with van der Waals surface area (Å²) in [5.41, 5.74) is 1.10. The summed E-state index contributed by atoms with van der Waals surface area (Å²) < 4.78 is 10.5. The Balaban J connectivity index is 2.00. The second kappa shape index (κ2) is 8.52. The average molecular weight is 365 g/mol. The Labute approximate surface area is 150 Å². The van der Waals surface area contributed by atoms with Crippen molar-refractivity contribution in [3.8, 4) is 11.5 Å². The van der Waals surface area contributed by atoms with Crippen molar-refractivity contribution in [2.24, 2.45) is 0 Å². The second-order valence-electron chi connectivity index (χ2n) is 4.72. The largest absolute Gasteiger partial charge is 0.497 e. The van der Waals surface area contributed by atoms with Crippen LogP contribution in [0.2, 0.25) is 5.02 Å². The molecule has 0 fully saturated rings. The summed E-state index contributed by atoms with van der Waals surface area (Å²) in [5, 5.41) is 6.08. The van der Waals surface area contributed by atoms with Gasteiger partial charge in [-0.05, 0) is 49.5 Å². The van der Waals surface area contributed by atoms with E-state index in [0.29, 0.717) is 34.4 Å². The van der Waals surface area contributed by atoms with E-state index in [1.165, 1.54) is 6.07 Å². The minimum absolute atomic E-state index is 0.179. The molecule has 2 N–H and O–H groups in total. The van der Waals surface area contributed by atoms with Crippen molar-refractivity contribution in [1.82, 2.24) is 5.32 Å². The van der Waals surface area contributed by atoms with Gasteiger partial charge >= 0.3 is 0 Å². The SMILES string of the molecule is CCOc1ccc(C(=O)NC(=S)Nc2cccc(OC)c2)cc1Cl. The highest BCUT2D eigenvalue weighted by Crippen LogP contribution is 2.25. The average Bonchev–Trinajstić information content (AvgIpc) is 2.56. The Bertz CT molecular complexity index is 752. The van der Waals surface area contributed by atoms with Gasteiger partial charge in [0.05, 0.1) is 18.7 Å². The Morgan fingerprint density at radius 2 is 2.04 bits per heavy atom. The van der Waals surface area contributed by atoms with Gasteiger partial charge in [0.25, 0.3) is 5.91 Å². The van der Waals surface area contributed by atoms with E-state index in [0.717, 1.165) is 0 Å². The number of methoxy groups -OCH3 is 1. The van der Waals surface area contributed by atoms with E-state index in [2.05, 4.69) is 10.6 Å². The molecule has 2 aromatic carbocycles. The lowest BCUT2D eigenvalue weighted by Crippen LogP contribution is -2.34. The van der Waals surface area contributed by atoms with Crippen molar-refractivity contribution in [1.29, 1.82) is 0 Å². The number of halogens is 1. The molecule has 0 saturated carbocycles. The van der Waals surface area contributed by atoms with Crippen molar-refractivity contribution < 1.29 is 14.3 Å². The van der Waals surface area contributed by atoms with Gasteiger partial charge in [-0.15, -0.1) is 0 Å². The number of ether oxygens (including phenoxy) is 2. The van der Waals surface area contributed by atoms with Gasteiger partial charge in [-0.3, -0.25) is 10.1 Å². The smallest absolute Gasteiger partial charge is 0.257 e. The molecule has 0 aliphatic carbocycles. The van der Waals surface area contributed by atoms with Gasteiger partial charge in [0.15, 0.2) is 5.11 Å². The first-order valence-electron chi connectivity index (χ1n) is 7.22. The van der Waals surface area contributed by atoms with Gasteiger partial charge in [0, 0.05) is 17.3 Å². The first-order valence-corrected chi connectivity index (χ1v) is 8.01. The zero-order valence-electron chi connectivity index (χ0n) is 13.3. The fourth-order valence-corrected chi connectivity index (χ4v) is 2.40. The predicted molar refractivity (Wildman–Crippen MR) is 99.3 cm³/mol. The number of carbonyl (C=O) groups excluding carboxylic acids is 1. The minimum atomic E-state index is -0.361. The highest BCUT2D eigenvalue weighted by molar-refractivity contribution is 7.80. The maximum absolute atomic E-state index is 12.2. The van der Waals surface area contributed by atoms with Crippen LogP contribution < -0.4 is 20.1 Å². The summed E-state index contributed by atoms with van der Waals surface area (Å²) in [6.07, 6.45) is 0. The normalized spacial score (nSPS) is 9.96. The molecule has 0 radical (unpaired) electrons. The van der Waals surface area contributed by atoms with Crippen LogP contribution in [0, 0.1) is 0 Å². The van der Waals surface area contributed by atoms with Crippen LogP contribution in [-0.2, 0) is 0 Å². The zero-order chi connectivity index (χ0) is 17.5. The number of anilines is 1. The third-order valence-corrected chi connectivity index (χ3v) is 3.55. The molecule has 0 aliphatic heterocycles. The van der Waals surface area contributed by atoms with Crippen molar-refractivity contribution in [3.05, 3.63) is 53.1 Å². The molecule has 5 nitrogen and oxygen atoms in total. The summed E-state index contributed by atoms with van der Waals surface area (Å²) in [7, 11) is 1.58. The van der Waals surface area contributed by atoms with Crippen LogP contribution in [0.4, 0.5) is 5.69 Å². The molecule has 2 rings (SSSR count). The summed E-state index contributed by atoms with van der Waals surface area (Å²) >= 11 is 11.2. The van der Waals surface area contributed by atoms with Crippen LogP contribution in [0.3, 0.4) is 0 Å². The maximum Gasteiger partial charge on any atom is 0.257 e. The van der Waals surface area contributed by atoms with E-state index in [1.54, 1.807) is 25.3 Å². The number of nitrogens with one attached hydrogen (secondary N) is 2. The van der Waals surface area contributed by atoms with Crippen molar-refractivity contribution in [2.75, 3.05) is 19.0 Å². The van der Waals surface area contributed by atoms with Crippen molar-refractivity contribution in [3.63, 3.8) is 0 Å². The van der Waals surface area contributed by atoms with Gasteiger partial charge in [-0.25, -0.2) is 0 Å². The molecule has 1 amide bonds. The highest BCUT2D eigenvalue weighted by Gasteiger charge is 2.11. The van der Waals surface area contributed by atoms with Gasteiger partial charge in [-0.2, -0.15) is 0 Å². The lowest BCUT2D eigenvalue weighted by atomic mass is 10.2. The molecule has 0 unspecified atom stereocenters. The van der Waals surface area contributed by atoms with Gasteiger partial charge in [0.1, 0.15) is 11.5 Å². The molecule has 2 aromatic rings. The van der Waals surface area contributed by atoms with Gasteiger partial charge < -0.3 is 14.8 Å². The predicted octanol–water partition coefficient (Wildman–Crippen LogP) is 3.87. The first kappa shape index (κ1) is 18.0. The first-order chi connectivity index (χ1) is 11.5. The standard InChI is InChI=1S/C17H17ClN2O3S/c1-3-23-15-8-7-11(9-14(15)18)16(21)20-17(24)19-12-5-4-6-13(10-12)22-2/h4-10H,3H2,1-2H3,(H2,19,20,21,24). The van der Waals surface area contributed by atoms with Crippen LogP contribution in [0.1, 0.15) is 17.3 Å². The highest BCUT2D eigenvalue weighted by atomic mass is 35.5. The molecular formula is C17H17ClN2O3S. The summed E-state index contributed by atoms with van der Waals surface area (Å²) in [5.74, 6) is 0.862. The van der Waals surface area contributed by atoms with Gasteiger partial charge in [0.2, 0.25) is 0 Å². The second-order valence-corrected chi connectivity index (χ2v) is 5.53. The van der Waals surface area contributed by atoms with Crippen molar-refractivity contribution in [2.45, 2.75) is 6.92 Å². The number of carbonyl (C=O) groups is 1. The fourth-order valence-electron chi connectivity index (χ4n) is 1.95. The molecule has 7 heteroatoms. The van der Waals surface area contributed by atoms with Crippen LogP contribution in [0.5, 0.6) is 11.5 Å². The van der Waals surface area contributed by atoms with Gasteiger partial charge in [-0.1, -0.05) is 17.7 Å². The summed E-state index contributed by atoms with van der Waals surface area (Å²) in [6, 6.07) is 12.0. The van der Waals surface area contributed by atoms with E-state index in [1.807, 2.05) is 25.1 Å². The molecule has 0 aromatic heterocycles. The molecule has 0 heterocycles. The number of rotatable bonds is 5. The Hall–Kier alpha value is -2.31. The zero-order valence-corrected chi connectivity index (χ0v) is 14.8. The number of benzene rings is 2. The van der Waals surface area contributed by atoms with E-state index in [-0.39, 0.29) is 11.0 Å². The number of hydrogen-bond acceptors (Lipinski definition) is 4. The van der Waals surface area contributed by atoms with E-state index in [4.69, 9.17) is 33.3 Å². The Morgan fingerprint density at radius 3 is 2.71 bits per heavy atom. The Kier molecular flexibility index (Phi) is 6.40. The van der Waals surface area contributed by atoms with Crippen LogP contribution >= 0.6 is 23.8 Å². The third kappa shape index (κ3) is 4.84. The molecule has 0 spiro atoms. The summed E-state index contributed by atoms with van der Waals surface area (Å²) in [4.78, 5) is 12.2. The topological polar surface area (TPSA) is 59.6 Å². The quantitative estimate of drug-likeness (QED) is 0.788. The molecule has 0 aliphatic rings. The molecule has 126 valence electrons. The van der Waals surface area contributed by atoms with E-state index in [9.17, 15) is 4.79 Å². The molecule has 0 saturated heterocycles. The fraction of sp³-hybridized carbons (Fsp3) is 0.176. The molecule has 0 bridgehead atoms. The third-order valence-electron chi connectivity index (χ3n) is 3.05. The van der Waals surface area contributed by atoms with Crippen LogP contribution in [0.25, 0.3) is 0 Å². The number of hydrogen-bond donors (Lipinski definition) is 2. The van der Waals surface area contributed by atoms with Crippen LogP contribution in [0.15, 0.2) is 42.5 Å². The lowest BCUT2D eigenvalue weighted by Gasteiger charge is -2.11. The van der Waals surface area contributed by atoms with Crippen molar-refractivity contribution >= 4 is 40.5 Å². The number of thiocarbonyl (C=S) groups is 1. The molecule has 24 heavy (non-hydrogen) atoms. The maximum atomic E-state index is 12.2.